The Hall–Kier alpha value is -3.49. The molecule has 38 heavy (non-hydrogen) atoms. The van der Waals surface area contributed by atoms with E-state index in [1.165, 1.54) is 0 Å². The number of pyridine rings is 2. The van der Waals surface area contributed by atoms with Crippen LogP contribution in [0.5, 0.6) is 0 Å². The van der Waals surface area contributed by atoms with Crippen LogP contribution in [0.25, 0.3) is 22.0 Å². The molecule has 0 bridgehead atoms. The fourth-order valence-electron chi connectivity index (χ4n) is 4.67. The topological polar surface area (TPSA) is 76.3 Å². The Morgan fingerprint density at radius 3 is 2.45 bits per heavy atom. The molecule has 5 rings (SSSR count). The minimum atomic E-state index is -1.57. The molecule has 3 aromatic heterocycles. The van der Waals surface area contributed by atoms with Crippen LogP contribution in [0.2, 0.25) is 10.2 Å². The van der Waals surface area contributed by atoms with E-state index in [1.807, 2.05) is 67.5 Å². The van der Waals surface area contributed by atoms with Crippen molar-refractivity contribution in [3.8, 4) is 11.1 Å². The maximum Gasteiger partial charge on any atom is 0.158 e. The smallest absolute Gasteiger partial charge is 0.158 e. The summed E-state index contributed by atoms with van der Waals surface area (Å²) in [6, 6.07) is 19.0. The molecule has 2 aromatic carbocycles. The Morgan fingerprint density at radius 2 is 1.79 bits per heavy atom. The lowest BCUT2D eigenvalue weighted by Gasteiger charge is -2.30. The van der Waals surface area contributed by atoms with E-state index in [0.717, 1.165) is 22.3 Å². The molecule has 0 aliphatic heterocycles. The second-order valence-corrected chi connectivity index (χ2v) is 9.87. The minimum Gasteiger partial charge on any atom is -0.383 e. The Labute approximate surface area is 231 Å². The molecule has 0 spiro atoms. The summed E-state index contributed by atoms with van der Waals surface area (Å²) in [5.74, 6) is 0.752. The zero-order chi connectivity index (χ0) is 26.9. The van der Waals surface area contributed by atoms with Crippen molar-refractivity contribution in [3.63, 3.8) is 0 Å². The van der Waals surface area contributed by atoms with Gasteiger partial charge in [-0.1, -0.05) is 65.7 Å². The van der Waals surface area contributed by atoms with Gasteiger partial charge >= 0.3 is 0 Å². The standard InChI is InChI=1S/C29H27Cl2N5O2/c1-35(13-14-38-3)28-26(19-7-5-4-6-8-19)27(31)22-15-20(9-11-23(22)34-28)29(37,24-17-32-18-36(24)2)21-10-12-25(30)33-16-21/h4-12,15-18,37H,13-14H2,1-3H3. The summed E-state index contributed by atoms with van der Waals surface area (Å²) in [6.07, 6.45) is 4.86. The highest BCUT2D eigenvalue weighted by atomic mass is 35.5. The van der Waals surface area contributed by atoms with E-state index in [0.29, 0.717) is 45.7 Å². The summed E-state index contributed by atoms with van der Waals surface area (Å²) in [5.41, 5.74) is 2.62. The second kappa shape index (κ2) is 10.7. The molecule has 0 radical (unpaired) electrons. The average molecular weight is 548 g/mol. The predicted octanol–water partition coefficient (Wildman–Crippen LogP) is 5.70. The molecular formula is C29H27Cl2N5O2. The molecule has 1 N–H and O–H groups in total. The van der Waals surface area contributed by atoms with Crippen LogP contribution in [0.4, 0.5) is 5.82 Å². The zero-order valence-electron chi connectivity index (χ0n) is 21.3. The fraction of sp³-hybridized carbons (Fsp3) is 0.207. The van der Waals surface area contributed by atoms with Crippen molar-refractivity contribution in [2.45, 2.75) is 5.60 Å². The number of aromatic nitrogens is 4. The highest BCUT2D eigenvalue weighted by Crippen LogP contribution is 2.43. The number of nitrogens with zero attached hydrogens (tertiary/aromatic N) is 5. The summed E-state index contributed by atoms with van der Waals surface area (Å²) in [6.45, 7) is 1.20. The molecule has 0 aliphatic rings. The van der Waals surface area contributed by atoms with E-state index in [-0.39, 0.29) is 0 Å². The van der Waals surface area contributed by atoms with Crippen molar-refractivity contribution in [2.24, 2.45) is 7.05 Å². The first kappa shape index (κ1) is 26.1. The lowest BCUT2D eigenvalue weighted by Crippen LogP contribution is -2.31. The van der Waals surface area contributed by atoms with Crippen LogP contribution in [0, 0.1) is 0 Å². The third-order valence-corrected chi connectivity index (χ3v) is 7.32. The molecule has 3 heterocycles. The molecule has 7 nitrogen and oxygen atoms in total. The van der Waals surface area contributed by atoms with Crippen LogP contribution >= 0.6 is 23.2 Å². The molecule has 1 unspecified atom stereocenters. The van der Waals surface area contributed by atoms with Crippen molar-refractivity contribution >= 4 is 39.9 Å². The van der Waals surface area contributed by atoms with E-state index in [4.69, 9.17) is 32.9 Å². The molecule has 0 amide bonds. The molecule has 5 aromatic rings. The summed E-state index contributed by atoms with van der Waals surface area (Å²) >= 11 is 13.2. The van der Waals surface area contributed by atoms with E-state index in [1.54, 1.807) is 42.5 Å². The summed E-state index contributed by atoms with van der Waals surface area (Å²) in [4.78, 5) is 15.5. The summed E-state index contributed by atoms with van der Waals surface area (Å²) < 4.78 is 7.07. The number of methoxy groups -OCH3 is 1. The van der Waals surface area contributed by atoms with Gasteiger partial charge in [-0.25, -0.2) is 15.0 Å². The van der Waals surface area contributed by atoms with E-state index in [9.17, 15) is 5.11 Å². The summed E-state index contributed by atoms with van der Waals surface area (Å²) in [5, 5.41) is 13.9. The second-order valence-electron chi connectivity index (χ2n) is 9.11. The highest BCUT2D eigenvalue weighted by Gasteiger charge is 2.37. The van der Waals surface area contributed by atoms with Crippen molar-refractivity contribution in [2.75, 3.05) is 32.2 Å². The van der Waals surface area contributed by atoms with Gasteiger partial charge in [0.2, 0.25) is 0 Å². The molecule has 9 heteroatoms. The molecule has 0 fully saturated rings. The number of rotatable bonds is 8. The summed E-state index contributed by atoms with van der Waals surface area (Å²) in [7, 11) is 5.48. The molecular weight excluding hydrogens is 521 g/mol. The van der Waals surface area contributed by atoms with Gasteiger partial charge in [0.25, 0.3) is 0 Å². The Bertz CT molecular complexity index is 1570. The Balaban J connectivity index is 1.76. The monoisotopic (exact) mass is 547 g/mol. The third-order valence-electron chi connectivity index (χ3n) is 6.71. The average Bonchev–Trinajstić information content (AvgIpc) is 3.38. The van der Waals surface area contributed by atoms with Crippen LogP contribution in [0.3, 0.4) is 0 Å². The number of aliphatic hydroxyl groups is 1. The number of aryl methyl sites for hydroxylation is 1. The van der Waals surface area contributed by atoms with Crippen molar-refractivity contribution in [1.82, 2.24) is 19.5 Å². The number of hydrogen-bond donors (Lipinski definition) is 1. The zero-order valence-corrected chi connectivity index (χ0v) is 22.8. The van der Waals surface area contributed by atoms with Crippen LogP contribution in [0.15, 0.2) is 79.4 Å². The Morgan fingerprint density at radius 1 is 1.03 bits per heavy atom. The molecule has 0 aliphatic carbocycles. The largest absolute Gasteiger partial charge is 0.383 e. The first-order chi connectivity index (χ1) is 18.3. The number of ether oxygens (including phenoxy) is 1. The van der Waals surface area contributed by atoms with Gasteiger partial charge in [-0.2, -0.15) is 0 Å². The van der Waals surface area contributed by atoms with Gasteiger partial charge in [-0.15, -0.1) is 0 Å². The van der Waals surface area contributed by atoms with Crippen LogP contribution < -0.4 is 4.90 Å². The highest BCUT2D eigenvalue weighted by molar-refractivity contribution is 6.39. The van der Waals surface area contributed by atoms with Gasteiger partial charge in [-0.05, 0) is 29.3 Å². The van der Waals surface area contributed by atoms with Gasteiger partial charge in [0.1, 0.15) is 11.0 Å². The maximum atomic E-state index is 12.3. The van der Waals surface area contributed by atoms with Gasteiger partial charge < -0.3 is 19.3 Å². The predicted molar refractivity (Wildman–Crippen MR) is 152 cm³/mol. The first-order valence-electron chi connectivity index (χ1n) is 12.0. The van der Waals surface area contributed by atoms with Gasteiger partial charge in [0.15, 0.2) is 5.60 Å². The van der Waals surface area contributed by atoms with Crippen molar-refractivity contribution < 1.29 is 9.84 Å². The number of anilines is 1. The third kappa shape index (κ3) is 4.63. The van der Waals surface area contributed by atoms with Crippen LogP contribution in [-0.4, -0.2) is 51.9 Å². The van der Waals surface area contributed by atoms with Crippen molar-refractivity contribution in [1.29, 1.82) is 0 Å². The van der Waals surface area contributed by atoms with Crippen molar-refractivity contribution in [3.05, 3.63) is 106 Å². The number of likely N-dealkylation sites (N-methyl/N-ethyl adjacent to an activating group) is 1. The van der Waals surface area contributed by atoms with Crippen LogP contribution in [-0.2, 0) is 17.4 Å². The lowest BCUT2D eigenvalue weighted by molar-refractivity contribution is 0.117. The maximum absolute atomic E-state index is 12.3. The van der Waals surface area contributed by atoms with E-state index in [2.05, 4.69) is 9.97 Å². The first-order valence-corrected chi connectivity index (χ1v) is 12.8. The number of imidazole rings is 1. The number of fused-ring (bicyclic) bond motifs is 1. The lowest BCUT2D eigenvalue weighted by atomic mass is 9.83. The normalized spacial score (nSPS) is 13.0. The number of benzene rings is 2. The van der Waals surface area contributed by atoms with Gasteiger partial charge in [-0.3, -0.25) is 0 Å². The quantitative estimate of drug-likeness (QED) is 0.251. The SMILES string of the molecule is COCCN(C)c1nc2ccc(C(O)(c3ccc(Cl)nc3)c3cncn3C)cc2c(Cl)c1-c1ccccc1. The van der Waals surface area contributed by atoms with Gasteiger partial charge in [0, 0.05) is 50.5 Å². The van der Waals surface area contributed by atoms with E-state index >= 15 is 0 Å². The molecule has 194 valence electrons. The van der Waals surface area contributed by atoms with Gasteiger partial charge in [0.05, 0.1) is 35.4 Å². The Kier molecular flexibility index (Phi) is 7.36. The molecule has 0 saturated heterocycles. The minimum absolute atomic E-state index is 0.337. The molecule has 1 atom stereocenters. The van der Waals surface area contributed by atoms with Crippen LogP contribution in [0.1, 0.15) is 16.8 Å². The number of halogens is 2. The van der Waals surface area contributed by atoms with E-state index < -0.39 is 5.60 Å². The fourth-order valence-corrected chi connectivity index (χ4v) is 5.12. The number of hydrogen-bond acceptors (Lipinski definition) is 6. The molecule has 0 saturated carbocycles.